The Balaban J connectivity index is 1.34. The van der Waals surface area contributed by atoms with Gasteiger partial charge in [0.15, 0.2) is 0 Å². The fraction of sp³-hybridized carbons (Fsp3) is 0.351. The lowest BCUT2D eigenvalue weighted by molar-refractivity contribution is -0.152. The number of hydrogen-bond acceptors (Lipinski definition) is 7. The standard InChI is InChI=1S/C57H56F6N4O6/c1-30-23-32(3)48(33(4)24-30)72-54(70)46-44(36-15-9-7-10-16-36)42(64-50(46)66-52(68)38-19-13-21-40(27-38)56(58,59)60)29-43-45(37-17-11-8-12-18-37)47(55(71)73-49-34(5)25-31(2)26-35(49)6)51(65-43)67-53(69)39-20-14-22-41(28-39)57(61,62)63/h7-22,27-35,48-49,64H,23-26H2,1-6H3,(H,66,68)(H,65,67,69)/b43-29-. The number of esters is 2. The summed E-state index contributed by atoms with van der Waals surface area (Å²) in [4.78, 5) is 66.0. The van der Waals surface area contributed by atoms with Gasteiger partial charge in [-0.25, -0.2) is 14.6 Å². The number of H-pyrrole nitrogens is 1. The first kappa shape index (κ1) is 52.1. The quantitative estimate of drug-likeness (QED) is 0.0941. The van der Waals surface area contributed by atoms with Crippen molar-refractivity contribution in [2.45, 2.75) is 91.8 Å². The summed E-state index contributed by atoms with van der Waals surface area (Å²) < 4.78 is 96.1. The molecule has 73 heavy (non-hydrogen) atoms. The predicted molar refractivity (Wildman–Crippen MR) is 266 cm³/mol. The molecule has 5 aromatic rings. The number of nitrogens with zero attached hydrogens (tertiary/aromatic N) is 1. The molecule has 4 atom stereocenters. The first-order valence-electron chi connectivity index (χ1n) is 24.4. The van der Waals surface area contributed by atoms with Crippen LogP contribution in [0.4, 0.5) is 32.2 Å². The normalized spacial score (nSPS) is 23.9. The van der Waals surface area contributed by atoms with Crippen LogP contribution in [0.25, 0.3) is 22.8 Å². The summed E-state index contributed by atoms with van der Waals surface area (Å²) in [5.41, 5.74) is -1.88. The van der Waals surface area contributed by atoms with Crippen molar-refractivity contribution in [3.8, 4) is 11.1 Å². The molecule has 0 spiro atoms. The second-order valence-corrected chi connectivity index (χ2v) is 20.0. The Hall–Kier alpha value is -7.23. The minimum Gasteiger partial charge on any atom is -0.458 e. The van der Waals surface area contributed by atoms with Gasteiger partial charge in [0.1, 0.15) is 35.0 Å². The van der Waals surface area contributed by atoms with Crippen molar-refractivity contribution in [1.82, 2.24) is 10.3 Å². The molecule has 2 saturated carbocycles. The molecule has 16 heteroatoms. The zero-order chi connectivity index (χ0) is 52.5. The molecule has 4 unspecified atom stereocenters. The zero-order valence-electron chi connectivity index (χ0n) is 41.1. The molecular weight excluding hydrogens is 951 g/mol. The number of aromatic amines is 1. The van der Waals surface area contributed by atoms with E-state index in [2.05, 4.69) is 29.5 Å². The maximum Gasteiger partial charge on any atom is 0.416 e. The minimum atomic E-state index is -4.77. The van der Waals surface area contributed by atoms with Crippen LogP contribution in [-0.4, -0.2) is 46.8 Å². The first-order chi connectivity index (χ1) is 34.6. The molecule has 2 heterocycles. The number of amides is 2. The van der Waals surface area contributed by atoms with Gasteiger partial charge in [-0.05, 0) is 115 Å². The van der Waals surface area contributed by atoms with E-state index in [0.29, 0.717) is 35.1 Å². The Morgan fingerprint density at radius 2 is 1.04 bits per heavy atom. The summed E-state index contributed by atoms with van der Waals surface area (Å²) in [6, 6.07) is 24.8. The van der Waals surface area contributed by atoms with Gasteiger partial charge < -0.3 is 25.1 Å². The Morgan fingerprint density at radius 3 is 1.52 bits per heavy atom. The number of nitrogens with one attached hydrogen (secondary N) is 3. The third-order valence-corrected chi connectivity index (χ3v) is 14.0. The Morgan fingerprint density at radius 1 is 0.589 bits per heavy atom. The van der Waals surface area contributed by atoms with Crippen molar-refractivity contribution in [3.63, 3.8) is 0 Å². The van der Waals surface area contributed by atoms with E-state index < -0.39 is 59.4 Å². The molecule has 0 saturated heterocycles. The smallest absolute Gasteiger partial charge is 0.416 e. The second-order valence-electron chi connectivity index (χ2n) is 20.0. The van der Waals surface area contributed by atoms with Crippen LogP contribution < -0.4 is 10.6 Å². The first-order valence-corrected chi connectivity index (χ1v) is 24.4. The van der Waals surface area contributed by atoms with Gasteiger partial charge in [0.25, 0.3) is 11.8 Å². The summed E-state index contributed by atoms with van der Waals surface area (Å²) in [6.45, 7) is 12.2. The number of carbonyl (C=O) groups excluding carboxylic acids is 4. The number of rotatable bonds is 10. The fourth-order valence-electron chi connectivity index (χ4n) is 11.0. The number of amidine groups is 1. The van der Waals surface area contributed by atoms with Gasteiger partial charge >= 0.3 is 24.3 Å². The molecule has 2 aliphatic carbocycles. The van der Waals surface area contributed by atoms with Crippen LogP contribution in [0.2, 0.25) is 0 Å². The van der Waals surface area contributed by atoms with Crippen LogP contribution in [0.1, 0.15) is 121 Å². The molecule has 10 nitrogen and oxygen atoms in total. The monoisotopic (exact) mass is 1010 g/mol. The molecule has 2 amide bonds. The lowest BCUT2D eigenvalue weighted by Crippen LogP contribution is -2.40. The summed E-state index contributed by atoms with van der Waals surface area (Å²) >= 11 is 0. The van der Waals surface area contributed by atoms with Gasteiger partial charge in [0, 0.05) is 22.3 Å². The number of allylic oxidation sites excluding steroid dienone is 1. The number of alkyl halides is 6. The van der Waals surface area contributed by atoms with Gasteiger partial charge in [-0.15, -0.1) is 0 Å². The maximum absolute atomic E-state index is 15.0. The summed E-state index contributed by atoms with van der Waals surface area (Å²) in [7, 11) is 0. The molecule has 8 rings (SSSR count). The van der Waals surface area contributed by atoms with Gasteiger partial charge in [0.2, 0.25) is 0 Å². The van der Waals surface area contributed by atoms with E-state index in [1.165, 1.54) is 18.2 Å². The highest BCUT2D eigenvalue weighted by molar-refractivity contribution is 6.32. The number of anilines is 1. The van der Waals surface area contributed by atoms with Crippen LogP contribution in [0, 0.1) is 35.5 Å². The zero-order valence-corrected chi connectivity index (χ0v) is 41.1. The molecular formula is C57H56F6N4O6. The molecule has 3 N–H and O–H groups in total. The number of benzene rings is 4. The van der Waals surface area contributed by atoms with Crippen LogP contribution in [0.15, 0.2) is 125 Å². The van der Waals surface area contributed by atoms with Crippen LogP contribution in [0.3, 0.4) is 0 Å². The van der Waals surface area contributed by atoms with Crippen molar-refractivity contribution in [3.05, 3.63) is 160 Å². The highest BCUT2D eigenvalue weighted by Crippen LogP contribution is 2.43. The lowest BCUT2D eigenvalue weighted by Gasteiger charge is -2.37. The van der Waals surface area contributed by atoms with E-state index >= 15 is 0 Å². The molecule has 382 valence electrons. The average Bonchev–Trinajstić information content (AvgIpc) is 3.88. The molecule has 2 fully saturated rings. The van der Waals surface area contributed by atoms with Crippen molar-refractivity contribution < 1.29 is 55.0 Å². The van der Waals surface area contributed by atoms with E-state index in [9.17, 15) is 45.5 Å². The molecule has 0 radical (unpaired) electrons. The third-order valence-electron chi connectivity index (χ3n) is 14.0. The van der Waals surface area contributed by atoms with Gasteiger partial charge in [-0.2, -0.15) is 26.3 Å². The molecule has 0 bridgehead atoms. The average molecular weight is 1010 g/mol. The molecule has 4 aromatic carbocycles. The van der Waals surface area contributed by atoms with E-state index in [4.69, 9.17) is 14.5 Å². The van der Waals surface area contributed by atoms with Gasteiger partial charge in [0.05, 0.1) is 22.5 Å². The summed E-state index contributed by atoms with van der Waals surface area (Å²) in [5.74, 6) is -3.73. The molecule has 1 aromatic heterocycles. The Kier molecular flexibility index (Phi) is 15.0. The number of hydrogen-bond donors (Lipinski definition) is 3. The number of aromatic nitrogens is 1. The molecule has 1 aliphatic heterocycles. The maximum atomic E-state index is 15.0. The highest BCUT2D eigenvalue weighted by Gasteiger charge is 2.41. The minimum absolute atomic E-state index is 0.0217. The Labute approximate surface area is 419 Å². The SMILES string of the molecule is CC1CC(C)C(OC(=O)C2=C(c3ccccc3)/C(=C/c3[nH]c(NC(=O)c4cccc(C(F)(F)F)c4)c(C(=O)OC4C(C)CC(C)CC4C)c3-c3ccccc3)N=C2NC(=O)c2cccc(C(F)(F)F)c2)C(C)C1. The number of halogens is 6. The largest absolute Gasteiger partial charge is 0.458 e. The van der Waals surface area contributed by atoms with Crippen LogP contribution in [0.5, 0.6) is 0 Å². The third kappa shape index (κ3) is 11.5. The lowest BCUT2D eigenvalue weighted by atomic mass is 9.75. The summed E-state index contributed by atoms with van der Waals surface area (Å²) in [6.07, 6.45) is -6.05. The second kappa shape index (κ2) is 21.1. The van der Waals surface area contributed by atoms with Crippen LogP contribution in [-0.2, 0) is 26.6 Å². The highest BCUT2D eigenvalue weighted by atomic mass is 19.4. The van der Waals surface area contributed by atoms with E-state index in [0.717, 1.165) is 49.9 Å². The number of carbonyl (C=O) groups is 4. The van der Waals surface area contributed by atoms with Gasteiger partial charge in [-0.3, -0.25) is 9.59 Å². The topological polar surface area (TPSA) is 139 Å². The van der Waals surface area contributed by atoms with E-state index in [1.54, 1.807) is 60.7 Å². The Bertz CT molecular complexity index is 2970. The number of aliphatic imine (C=N–C) groups is 1. The van der Waals surface area contributed by atoms with Crippen molar-refractivity contribution >= 4 is 47.1 Å². The number of ether oxygens (including phenoxy) is 2. The van der Waals surface area contributed by atoms with Crippen LogP contribution >= 0.6 is 0 Å². The van der Waals surface area contributed by atoms with E-state index in [1.807, 2.05) is 27.7 Å². The fourth-order valence-corrected chi connectivity index (χ4v) is 11.0. The van der Waals surface area contributed by atoms with E-state index in [-0.39, 0.29) is 80.1 Å². The molecule has 3 aliphatic rings. The summed E-state index contributed by atoms with van der Waals surface area (Å²) in [5, 5.41) is 5.26. The van der Waals surface area contributed by atoms with Crippen molar-refractivity contribution in [1.29, 1.82) is 0 Å². The van der Waals surface area contributed by atoms with Crippen molar-refractivity contribution in [2.75, 3.05) is 5.32 Å². The van der Waals surface area contributed by atoms with Gasteiger partial charge in [-0.1, -0.05) is 114 Å². The van der Waals surface area contributed by atoms with Crippen molar-refractivity contribution in [2.24, 2.45) is 40.5 Å². The predicted octanol–water partition coefficient (Wildman–Crippen LogP) is 13.4.